The normalized spacial score (nSPS) is 11.9. The van der Waals surface area contributed by atoms with Crippen molar-refractivity contribution in [2.45, 2.75) is 26.8 Å². The summed E-state index contributed by atoms with van der Waals surface area (Å²) in [6.45, 7) is 4.04. The number of aryl methyl sites for hydroxylation is 1. The van der Waals surface area contributed by atoms with E-state index in [1.54, 1.807) is 6.92 Å². The summed E-state index contributed by atoms with van der Waals surface area (Å²) < 4.78 is 0. The highest BCUT2D eigenvalue weighted by atomic mass is 16.4. The van der Waals surface area contributed by atoms with Gasteiger partial charge in [-0.3, -0.25) is 9.59 Å². The van der Waals surface area contributed by atoms with E-state index < -0.39 is 11.9 Å². The lowest BCUT2D eigenvalue weighted by molar-refractivity contribution is -0.140. The van der Waals surface area contributed by atoms with E-state index in [0.29, 0.717) is 6.54 Å². The van der Waals surface area contributed by atoms with E-state index >= 15 is 0 Å². The van der Waals surface area contributed by atoms with Gasteiger partial charge >= 0.3 is 5.97 Å². The number of benzene rings is 1. The Kier molecular flexibility index (Phi) is 4.69. The van der Waals surface area contributed by atoms with Crippen LogP contribution in [0.3, 0.4) is 0 Å². The first-order valence-corrected chi connectivity index (χ1v) is 5.54. The Balaban J connectivity index is 2.42. The molecular weight excluding hydrogens is 218 g/mol. The highest BCUT2D eigenvalue weighted by Gasteiger charge is 2.15. The van der Waals surface area contributed by atoms with E-state index in [-0.39, 0.29) is 12.3 Å². The van der Waals surface area contributed by atoms with Crippen molar-refractivity contribution in [1.29, 1.82) is 0 Å². The van der Waals surface area contributed by atoms with Gasteiger partial charge in [0, 0.05) is 12.5 Å². The number of hydrogen-bond acceptors (Lipinski definition) is 2. The molecule has 0 radical (unpaired) electrons. The van der Waals surface area contributed by atoms with Crippen LogP contribution in [0.4, 0.5) is 0 Å². The van der Waals surface area contributed by atoms with Crippen LogP contribution in [0, 0.1) is 12.8 Å². The first-order valence-electron chi connectivity index (χ1n) is 5.54. The first kappa shape index (κ1) is 13.2. The second kappa shape index (κ2) is 6.03. The van der Waals surface area contributed by atoms with Gasteiger partial charge in [0.05, 0.1) is 6.42 Å². The van der Waals surface area contributed by atoms with Crippen LogP contribution in [0.15, 0.2) is 24.3 Å². The molecule has 17 heavy (non-hydrogen) atoms. The van der Waals surface area contributed by atoms with Crippen molar-refractivity contribution in [2.75, 3.05) is 0 Å². The van der Waals surface area contributed by atoms with Gasteiger partial charge in [-0.15, -0.1) is 0 Å². The van der Waals surface area contributed by atoms with Gasteiger partial charge in [0.2, 0.25) is 5.91 Å². The number of aliphatic carboxylic acids is 1. The Hall–Kier alpha value is -1.84. The fourth-order valence-electron chi connectivity index (χ4n) is 1.42. The summed E-state index contributed by atoms with van der Waals surface area (Å²) in [5.74, 6) is -1.69. The minimum Gasteiger partial charge on any atom is -0.481 e. The van der Waals surface area contributed by atoms with E-state index in [1.807, 2.05) is 31.2 Å². The van der Waals surface area contributed by atoms with Crippen LogP contribution in [0.2, 0.25) is 0 Å². The van der Waals surface area contributed by atoms with Crippen LogP contribution in [0.25, 0.3) is 0 Å². The molecule has 4 nitrogen and oxygen atoms in total. The second-order valence-electron chi connectivity index (χ2n) is 4.20. The zero-order valence-corrected chi connectivity index (χ0v) is 10.1. The second-order valence-corrected chi connectivity index (χ2v) is 4.20. The molecule has 2 N–H and O–H groups in total. The molecule has 0 spiro atoms. The molecule has 0 aliphatic heterocycles. The molecular formula is C13H17NO3. The van der Waals surface area contributed by atoms with E-state index in [2.05, 4.69) is 5.32 Å². The van der Waals surface area contributed by atoms with Gasteiger partial charge in [0.1, 0.15) is 0 Å². The molecule has 0 bridgehead atoms. The van der Waals surface area contributed by atoms with Gasteiger partial charge in [-0.05, 0) is 12.5 Å². The number of hydrogen-bond donors (Lipinski definition) is 2. The van der Waals surface area contributed by atoms with Gasteiger partial charge < -0.3 is 10.4 Å². The lowest BCUT2D eigenvalue weighted by atomic mass is 10.1. The molecule has 1 amide bonds. The summed E-state index contributed by atoms with van der Waals surface area (Å²) in [6, 6.07) is 7.83. The van der Waals surface area contributed by atoms with Crippen molar-refractivity contribution in [2.24, 2.45) is 5.92 Å². The smallest absolute Gasteiger partial charge is 0.304 e. The zero-order valence-electron chi connectivity index (χ0n) is 10.1. The Morgan fingerprint density at radius 1 is 1.29 bits per heavy atom. The predicted molar refractivity (Wildman–Crippen MR) is 64.4 cm³/mol. The maximum absolute atomic E-state index is 11.5. The van der Waals surface area contributed by atoms with Crippen molar-refractivity contribution in [3.8, 4) is 0 Å². The SMILES string of the molecule is Cc1ccc(CNC(=O)C(C)CC(=O)O)cc1. The lowest BCUT2D eigenvalue weighted by Crippen LogP contribution is -2.30. The number of rotatable bonds is 5. The monoisotopic (exact) mass is 235 g/mol. The number of carboxylic acid groups (broad SMARTS) is 1. The molecule has 1 aromatic carbocycles. The van der Waals surface area contributed by atoms with Crippen molar-refractivity contribution in [3.63, 3.8) is 0 Å². The topological polar surface area (TPSA) is 66.4 Å². The Labute approximate surface area is 101 Å². The van der Waals surface area contributed by atoms with Crippen LogP contribution < -0.4 is 5.32 Å². The number of carboxylic acids is 1. The first-order chi connectivity index (χ1) is 7.99. The van der Waals surface area contributed by atoms with Crippen molar-refractivity contribution < 1.29 is 14.7 Å². The third-order valence-corrected chi connectivity index (χ3v) is 2.52. The van der Waals surface area contributed by atoms with Gasteiger partial charge in [0.15, 0.2) is 0 Å². The zero-order chi connectivity index (χ0) is 12.8. The van der Waals surface area contributed by atoms with Gasteiger partial charge in [0.25, 0.3) is 0 Å². The summed E-state index contributed by atoms with van der Waals surface area (Å²) in [4.78, 5) is 22.0. The van der Waals surface area contributed by atoms with E-state index in [9.17, 15) is 9.59 Å². The molecule has 1 aromatic rings. The molecule has 0 aromatic heterocycles. The molecule has 0 saturated carbocycles. The summed E-state index contributed by atoms with van der Waals surface area (Å²) >= 11 is 0. The van der Waals surface area contributed by atoms with E-state index in [0.717, 1.165) is 5.56 Å². The fraction of sp³-hybridized carbons (Fsp3) is 0.385. The van der Waals surface area contributed by atoms with Crippen LogP contribution in [0.5, 0.6) is 0 Å². The highest BCUT2D eigenvalue weighted by Crippen LogP contribution is 2.05. The third-order valence-electron chi connectivity index (χ3n) is 2.52. The minimum absolute atomic E-state index is 0.139. The summed E-state index contributed by atoms with van der Waals surface area (Å²) in [5, 5.41) is 11.3. The molecule has 0 fully saturated rings. The summed E-state index contributed by atoms with van der Waals surface area (Å²) in [5.41, 5.74) is 2.17. The molecule has 4 heteroatoms. The van der Waals surface area contributed by atoms with Crippen LogP contribution in [-0.4, -0.2) is 17.0 Å². The van der Waals surface area contributed by atoms with Crippen LogP contribution >= 0.6 is 0 Å². The van der Waals surface area contributed by atoms with E-state index in [4.69, 9.17) is 5.11 Å². The summed E-state index contributed by atoms with van der Waals surface area (Å²) in [7, 11) is 0. The van der Waals surface area contributed by atoms with Crippen molar-refractivity contribution in [3.05, 3.63) is 35.4 Å². The average molecular weight is 235 g/mol. The number of nitrogens with one attached hydrogen (secondary N) is 1. The van der Waals surface area contributed by atoms with E-state index in [1.165, 1.54) is 5.56 Å². The maximum Gasteiger partial charge on any atom is 0.304 e. The number of carbonyl (C=O) groups is 2. The molecule has 1 unspecified atom stereocenters. The van der Waals surface area contributed by atoms with Gasteiger partial charge in [-0.25, -0.2) is 0 Å². The van der Waals surface area contributed by atoms with Crippen LogP contribution in [-0.2, 0) is 16.1 Å². The molecule has 1 atom stereocenters. The molecule has 0 saturated heterocycles. The molecule has 0 aliphatic carbocycles. The number of carbonyl (C=O) groups excluding carboxylic acids is 1. The Bertz CT molecular complexity index is 398. The highest BCUT2D eigenvalue weighted by molar-refractivity contribution is 5.82. The lowest BCUT2D eigenvalue weighted by Gasteiger charge is -2.10. The molecule has 0 aliphatic rings. The minimum atomic E-state index is -0.956. The fourth-order valence-corrected chi connectivity index (χ4v) is 1.42. The Morgan fingerprint density at radius 3 is 2.41 bits per heavy atom. The molecule has 0 heterocycles. The number of amides is 1. The third kappa shape index (κ3) is 4.68. The quantitative estimate of drug-likeness (QED) is 0.816. The van der Waals surface area contributed by atoms with Gasteiger partial charge in [-0.2, -0.15) is 0 Å². The molecule has 92 valence electrons. The van der Waals surface area contributed by atoms with Crippen molar-refractivity contribution >= 4 is 11.9 Å². The largest absolute Gasteiger partial charge is 0.481 e. The van der Waals surface area contributed by atoms with Crippen LogP contribution in [0.1, 0.15) is 24.5 Å². The maximum atomic E-state index is 11.5. The Morgan fingerprint density at radius 2 is 1.88 bits per heavy atom. The molecule has 1 rings (SSSR count). The van der Waals surface area contributed by atoms with Gasteiger partial charge in [-0.1, -0.05) is 36.8 Å². The summed E-state index contributed by atoms with van der Waals surface area (Å²) in [6.07, 6.45) is -0.139. The standard InChI is InChI=1S/C13H17NO3/c1-9-3-5-11(6-4-9)8-14-13(17)10(2)7-12(15)16/h3-6,10H,7-8H2,1-2H3,(H,14,17)(H,15,16). The average Bonchev–Trinajstić information content (AvgIpc) is 2.27. The van der Waals surface area contributed by atoms with Crippen molar-refractivity contribution in [1.82, 2.24) is 5.32 Å². The predicted octanol–water partition coefficient (Wildman–Crippen LogP) is 1.72.